The Balaban J connectivity index is 3.49. The molecule has 0 aliphatic rings. The van der Waals surface area contributed by atoms with Gasteiger partial charge in [0.05, 0.1) is 0 Å². The lowest BCUT2D eigenvalue weighted by atomic mass is 10.1. The summed E-state index contributed by atoms with van der Waals surface area (Å²) < 4.78 is 11.7. The molecule has 0 radical (unpaired) electrons. The fraction of sp³-hybridized carbons (Fsp3) is 1.00. The van der Waals surface area contributed by atoms with Crippen molar-refractivity contribution < 1.29 is 8.85 Å². The van der Waals surface area contributed by atoms with Crippen LogP contribution in [0.2, 0.25) is 12.6 Å². The van der Waals surface area contributed by atoms with Crippen LogP contribution in [0, 0.1) is 0 Å². The average molecular weight is 293 g/mol. The van der Waals surface area contributed by atoms with Crippen LogP contribution >= 0.6 is 12.6 Å². The summed E-state index contributed by atoms with van der Waals surface area (Å²) in [6, 6.07) is 1.14. The Bertz CT molecular complexity index is 173. The molecule has 0 aromatic carbocycles. The van der Waals surface area contributed by atoms with Gasteiger partial charge in [-0.2, -0.15) is 12.6 Å². The summed E-state index contributed by atoms with van der Waals surface area (Å²) in [4.78, 5) is 0. The van der Waals surface area contributed by atoms with E-state index in [1.165, 1.54) is 44.9 Å². The zero-order valence-corrected chi connectivity index (χ0v) is 14.4. The first-order valence-corrected chi connectivity index (χ1v) is 10.7. The molecule has 0 unspecified atom stereocenters. The first-order valence-electron chi connectivity index (χ1n) is 7.57. The molecule has 0 aliphatic heterocycles. The summed E-state index contributed by atoms with van der Waals surface area (Å²) in [6.07, 6.45) is 9.28. The van der Waals surface area contributed by atoms with E-state index in [0.29, 0.717) is 0 Å². The van der Waals surface area contributed by atoms with E-state index >= 15 is 0 Å². The molecule has 0 aromatic heterocycles. The van der Waals surface area contributed by atoms with Crippen LogP contribution in [0.3, 0.4) is 0 Å². The standard InChI is InChI=1S/C14H32O2SSi/c1-4-15-18(3,16-5-2)14-12-10-8-6-7-9-11-13-17/h17H,4-14H2,1-3H3. The SMILES string of the molecule is CCO[Si](C)(CCCCCCCCCS)OCC. The molecule has 0 amide bonds. The maximum absolute atomic E-state index is 5.84. The predicted molar refractivity (Wildman–Crippen MR) is 85.8 cm³/mol. The Hall–Kier alpha value is 0.487. The van der Waals surface area contributed by atoms with Crippen LogP contribution in [0.15, 0.2) is 0 Å². The molecule has 110 valence electrons. The number of thiol groups is 1. The molecular weight excluding hydrogens is 260 g/mol. The zero-order chi connectivity index (χ0) is 13.7. The first kappa shape index (κ1) is 18.5. The monoisotopic (exact) mass is 292 g/mol. The van der Waals surface area contributed by atoms with Crippen molar-refractivity contribution in [3.05, 3.63) is 0 Å². The topological polar surface area (TPSA) is 18.5 Å². The molecule has 0 saturated heterocycles. The van der Waals surface area contributed by atoms with Crippen LogP contribution in [0.4, 0.5) is 0 Å². The van der Waals surface area contributed by atoms with E-state index in [1.54, 1.807) is 0 Å². The lowest BCUT2D eigenvalue weighted by Crippen LogP contribution is -2.38. The van der Waals surface area contributed by atoms with Crippen molar-refractivity contribution in [3.8, 4) is 0 Å². The van der Waals surface area contributed by atoms with Crippen molar-refractivity contribution in [1.29, 1.82) is 0 Å². The van der Waals surface area contributed by atoms with Gasteiger partial charge in [-0.05, 0) is 38.6 Å². The minimum atomic E-state index is -1.84. The van der Waals surface area contributed by atoms with Gasteiger partial charge in [0.2, 0.25) is 0 Å². The molecular formula is C14H32O2SSi. The summed E-state index contributed by atoms with van der Waals surface area (Å²) in [5, 5.41) is 0. The third-order valence-electron chi connectivity index (χ3n) is 3.19. The van der Waals surface area contributed by atoms with Crippen LogP contribution in [0.25, 0.3) is 0 Å². The van der Waals surface area contributed by atoms with E-state index in [1.807, 2.05) is 0 Å². The summed E-state index contributed by atoms with van der Waals surface area (Å²) in [7, 11) is -1.84. The second kappa shape index (κ2) is 12.5. The molecule has 18 heavy (non-hydrogen) atoms. The molecule has 0 aromatic rings. The predicted octanol–water partition coefficient (Wildman–Crippen LogP) is 4.79. The highest BCUT2D eigenvalue weighted by molar-refractivity contribution is 7.80. The molecule has 0 bridgehead atoms. The van der Waals surface area contributed by atoms with Crippen molar-refractivity contribution >= 4 is 21.2 Å². The van der Waals surface area contributed by atoms with Crippen LogP contribution in [-0.4, -0.2) is 27.5 Å². The molecule has 0 fully saturated rings. The van der Waals surface area contributed by atoms with Crippen molar-refractivity contribution in [2.75, 3.05) is 19.0 Å². The van der Waals surface area contributed by atoms with E-state index in [4.69, 9.17) is 8.85 Å². The van der Waals surface area contributed by atoms with Gasteiger partial charge in [0.15, 0.2) is 0 Å². The van der Waals surface area contributed by atoms with Crippen LogP contribution in [-0.2, 0) is 8.85 Å². The quantitative estimate of drug-likeness (QED) is 0.299. The van der Waals surface area contributed by atoms with Crippen LogP contribution < -0.4 is 0 Å². The summed E-state index contributed by atoms with van der Waals surface area (Å²) in [6.45, 7) is 7.89. The Labute approximate surface area is 120 Å². The molecule has 0 spiro atoms. The van der Waals surface area contributed by atoms with Crippen molar-refractivity contribution in [1.82, 2.24) is 0 Å². The Morgan fingerprint density at radius 2 is 1.22 bits per heavy atom. The summed E-state index contributed by atoms with van der Waals surface area (Å²) in [5.41, 5.74) is 0. The average Bonchev–Trinajstić information content (AvgIpc) is 2.33. The van der Waals surface area contributed by atoms with Gasteiger partial charge in [0.1, 0.15) is 0 Å². The minimum absolute atomic E-state index is 0.784. The highest BCUT2D eigenvalue weighted by Crippen LogP contribution is 2.19. The van der Waals surface area contributed by atoms with E-state index in [0.717, 1.165) is 25.0 Å². The van der Waals surface area contributed by atoms with Crippen molar-refractivity contribution in [2.45, 2.75) is 71.4 Å². The zero-order valence-electron chi connectivity index (χ0n) is 12.5. The van der Waals surface area contributed by atoms with E-state index in [9.17, 15) is 0 Å². The molecule has 0 aliphatic carbocycles. The fourth-order valence-corrected chi connectivity index (χ4v) is 4.95. The highest BCUT2D eigenvalue weighted by Gasteiger charge is 2.29. The van der Waals surface area contributed by atoms with Crippen molar-refractivity contribution in [2.24, 2.45) is 0 Å². The van der Waals surface area contributed by atoms with Gasteiger partial charge >= 0.3 is 8.56 Å². The number of hydrogen-bond donors (Lipinski definition) is 1. The van der Waals surface area contributed by atoms with Gasteiger partial charge in [-0.15, -0.1) is 0 Å². The maximum atomic E-state index is 5.84. The Morgan fingerprint density at radius 3 is 1.67 bits per heavy atom. The largest absolute Gasteiger partial charge is 0.395 e. The molecule has 0 heterocycles. The second-order valence-electron chi connectivity index (χ2n) is 4.95. The maximum Gasteiger partial charge on any atom is 0.334 e. The number of hydrogen-bond acceptors (Lipinski definition) is 3. The third-order valence-corrected chi connectivity index (χ3v) is 6.57. The van der Waals surface area contributed by atoms with Gasteiger partial charge in [0, 0.05) is 13.2 Å². The number of rotatable bonds is 13. The summed E-state index contributed by atoms with van der Waals surface area (Å²) >= 11 is 4.23. The van der Waals surface area contributed by atoms with Gasteiger partial charge in [-0.1, -0.05) is 38.5 Å². The molecule has 2 nitrogen and oxygen atoms in total. The normalized spacial score (nSPS) is 12.0. The first-order chi connectivity index (χ1) is 8.68. The highest BCUT2D eigenvalue weighted by atomic mass is 32.1. The van der Waals surface area contributed by atoms with E-state index in [2.05, 4.69) is 33.0 Å². The Morgan fingerprint density at radius 1 is 0.778 bits per heavy atom. The molecule has 0 saturated carbocycles. The number of unbranched alkanes of at least 4 members (excludes halogenated alkanes) is 6. The van der Waals surface area contributed by atoms with Gasteiger partial charge in [0.25, 0.3) is 0 Å². The molecule has 0 rings (SSSR count). The van der Waals surface area contributed by atoms with Crippen LogP contribution in [0.1, 0.15) is 58.8 Å². The van der Waals surface area contributed by atoms with Gasteiger partial charge < -0.3 is 8.85 Å². The third kappa shape index (κ3) is 10.4. The van der Waals surface area contributed by atoms with Crippen LogP contribution in [0.5, 0.6) is 0 Å². The lowest BCUT2D eigenvalue weighted by Gasteiger charge is -2.25. The van der Waals surface area contributed by atoms with Gasteiger partial charge in [-0.25, -0.2) is 0 Å². The van der Waals surface area contributed by atoms with Gasteiger partial charge in [-0.3, -0.25) is 0 Å². The second-order valence-corrected chi connectivity index (χ2v) is 8.74. The minimum Gasteiger partial charge on any atom is -0.395 e. The lowest BCUT2D eigenvalue weighted by molar-refractivity contribution is 0.188. The summed E-state index contributed by atoms with van der Waals surface area (Å²) in [5.74, 6) is 1.03. The Kier molecular flexibility index (Phi) is 12.9. The smallest absolute Gasteiger partial charge is 0.334 e. The van der Waals surface area contributed by atoms with E-state index in [-0.39, 0.29) is 0 Å². The van der Waals surface area contributed by atoms with E-state index < -0.39 is 8.56 Å². The fourth-order valence-electron chi connectivity index (χ4n) is 2.24. The molecule has 4 heteroatoms. The molecule has 0 N–H and O–H groups in total. The molecule has 0 atom stereocenters. The van der Waals surface area contributed by atoms with Crippen molar-refractivity contribution in [3.63, 3.8) is 0 Å².